The Bertz CT molecular complexity index is 1930. The highest BCUT2D eigenvalue weighted by Gasteiger charge is 2.63. The summed E-state index contributed by atoms with van der Waals surface area (Å²) < 4.78 is 138. The van der Waals surface area contributed by atoms with E-state index in [9.17, 15) is 49.1 Å². The first-order valence-corrected chi connectivity index (χ1v) is 21.7. The number of carbonyl (C=O) groups is 3. The molecule has 3 aromatic carbocycles. The summed E-state index contributed by atoms with van der Waals surface area (Å²) in [6.45, 7) is 4.88. The summed E-state index contributed by atoms with van der Waals surface area (Å²) in [6, 6.07) is 23.5. The summed E-state index contributed by atoms with van der Waals surface area (Å²) in [4.78, 5) is 35.6. The van der Waals surface area contributed by atoms with Gasteiger partial charge in [-0.3, -0.25) is 0 Å². The van der Waals surface area contributed by atoms with E-state index in [0.29, 0.717) is 12.7 Å². The van der Waals surface area contributed by atoms with Crippen LogP contribution < -0.4 is 0 Å². The van der Waals surface area contributed by atoms with Crippen molar-refractivity contribution in [2.45, 2.75) is 111 Å². The maximum Gasteiger partial charge on any atom is 0.338 e. The predicted octanol–water partition coefficient (Wildman–Crippen LogP) is 7.35. The molecule has 0 bridgehead atoms. The number of aliphatic hydroxyl groups is 1. The first-order chi connectivity index (χ1) is 28.6. The average Bonchev–Trinajstić information content (AvgIpc) is 3.70. The van der Waals surface area contributed by atoms with Crippen molar-refractivity contribution >= 4 is 50.6 Å². The van der Waals surface area contributed by atoms with Gasteiger partial charge in [-0.25, -0.2) is 18.6 Å². The number of carbonyl (C=O) groups excluding carboxylic acids is 3. The number of ether oxygens (including phenoxy) is 6. The Kier molecular flexibility index (Phi) is 17.1. The van der Waals surface area contributed by atoms with E-state index < -0.39 is 99.1 Å². The second-order valence-electron chi connectivity index (χ2n) is 13.6. The number of hydrogen-bond donors (Lipinski definition) is 1. The lowest BCUT2D eigenvalue weighted by atomic mass is 10.1. The second kappa shape index (κ2) is 21.0. The molecular formula is C40H43F6IO13S. The Morgan fingerprint density at radius 2 is 0.918 bits per heavy atom. The molecule has 0 aliphatic carbocycles. The van der Waals surface area contributed by atoms with Crippen molar-refractivity contribution in [1.29, 1.82) is 0 Å². The molecule has 21 heteroatoms. The van der Waals surface area contributed by atoms with Gasteiger partial charge in [0.05, 0.1) is 22.9 Å². The number of hydrogen-bond acceptors (Lipinski definition) is 13. The average molecular weight is 1000 g/mol. The standard InChI is InChI=1S/C14H16F2O6S.C13H13F2IO3.C13H14F2O4/c1-3-10-11(21-12(17)9-7-5-4-6-8-9)14(15,16)13(20-10)22-23(2,18)19;1-2-9-10(13(14,15)12(16)18-9)19-11(17)8-6-4-3-5-7-8;1-2-9-10(13(14,15)12(17)18-9)19-11(16)8-6-4-3-5-7-8/h4-8,10-11,13H,3H2,1-2H3;3-7,9-10,12H,2H2,1H3;3-7,9-10,12,17H,2H2,1H3/t10-,11?,13?;2*9-,10?,12?/m111/s1. The van der Waals surface area contributed by atoms with Gasteiger partial charge in [-0.2, -0.15) is 34.8 Å². The molecule has 3 aliphatic rings. The Labute approximate surface area is 361 Å². The number of alkyl halides is 7. The lowest BCUT2D eigenvalue weighted by Crippen LogP contribution is -2.44. The molecule has 3 fully saturated rings. The molecule has 9 atom stereocenters. The smallest absolute Gasteiger partial charge is 0.338 e. The molecule has 0 amide bonds. The Balaban J connectivity index is 0.000000203. The van der Waals surface area contributed by atoms with Gasteiger partial charge in [0.25, 0.3) is 10.1 Å². The van der Waals surface area contributed by atoms with Gasteiger partial charge < -0.3 is 33.5 Å². The van der Waals surface area contributed by atoms with Gasteiger partial charge in [0.2, 0.25) is 12.6 Å². The molecule has 0 spiro atoms. The van der Waals surface area contributed by atoms with Gasteiger partial charge in [-0.05, 0) is 78.3 Å². The molecule has 6 unspecified atom stereocenters. The summed E-state index contributed by atoms with van der Waals surface area (Å²) in [5.41, 5.74) is 0.533. The highest BCUT2D eigenvalue weighted by atomic mass is 127. The van der Waals surface area contributed by atoms with E-state index in [4.69, 9.17) is 33.5 Å². The normalized spacial score (nSPS) is 28.3. The predicted molar refractivity (Wildman–Crippen MR) is 211 cm³/mol. The zero-order valence-electron chi connectivity index (χ0n) is 32.9. The monoisotopic (exact) mass is 1000 g/mol. The van der Waals surface area contributed by atoms with Crippen LogP contribution in [-0.4, -0.2) is 109 Å². The SMILES string of the molecule is CC[C@H]1OC(I)C(F)(F)C1OC(=O)c1ccccc1.CC[C@H]1OC(O)C(F)(F)C1OC(=O)c1ccccc1.CC[C@H]1OC(OS(C)(=O)=O)C(F)(F)C1OC(=O)c1ccccc1. The van der Waals surface area contributed by atoms with Crippen molar-refractivity contribution < 1.29 is 86.9 Å². The lowest BCUT2D eigenvalue weighted by Gasteiger charge is -2.22. The maximum absolute atomic E-state index is 14.3. The van der Waals surface area contributed by atoms with Crippen LogP contribution in [0.25, 0.3) is 0 Å². The minimum absolute atomic E-state index is 0.0892. The molecule has 336 valence electrons. The van der Waals surface area contributed by atoms with Crippen molar-refractivity contribution in [3.05, 3.63) is 108 Å². The van der Waals surface area contributed by atoms with E-state index in [2.05, 4.69) is 4.18 Å². The highest BCUT2D eigenvalue weighted by Crippen LogP contribution is 2.43. The summed E-state index contributed by atoms with van der Waals surface area (Å²) in [6.07, 6.45) is -11.5. The third-order valence-corrected chi connectivity index (χ3v) is 10.8. The van der Waals surface area contributed by atoms with Gasteiger partial charge in [0.1, 0.15) is 18.3 Å². The summed E-state index contributed by atoms with van der Waals surface area (Å²) >= 11 is 1.53. The number of esters is 3. The topological polar surface area (TPSA) is 170 Å². The minimum atomic E-state index is -4.16. The second-order valence-corrected chi connectivity index (χ2v) is 16.4. The van der Waals surface area contributed by atoms with E-state index in [1.54, 1.807) is 75.4 Å². The van der Waals surface area contributed by atoms with E-state index in [1.807, 2.05) is 0 Å². The number of rotatable bonds is 11. The third kappa shape index (κ3) is 12.4. The van der Waals surface area contributed by atoms with Crippen LogP contribution in [0.15, 0.2) is 91.0 Å². The molecule has 3 aromatic rings. The quantitative estimate of drug-likeness (QED) is 0.0506. The van der Waals surface area contributed by atoms with Crippen LogP contribution in [0.4, 0.5) is 26.3 Å². The Hall–Kier alpha value is -3.87. The highest BCUT2D eigenvalue weighted by molar-refractivity contribution is 14.1. The van der Waals surface area contributed by atoms with Crippen molar-refractivity contribution in [3.63, 3.8) is 0 Å². The molecule has 61 heavy (non-hydrogen) atoms. The number of benzene rings is 3. The zero-order valence-corrected chi connectivity index (χ0v) is 35.9. The van der Waals surface area contributed by atoms with Gasteiger partial charge in [-0.1, -0.05) is 75.4 Å². The lowest BCUT2D eigenvalue weighted by molar-refractivity contribution is -0.198. The summed E-state index contributed by atoms with van der Waals surface area (Å²) in [5.74, 6) is -13.1. The van der Waals surface area contributed by atoms with Crippen LogP contribution in [-0.2, 0) is 42.7 Å². The van der Waals surface area contributed by atoms with Crippen molar-refractivity contribution in [2.24, 2.45) is 0 Å². The van der Waals surface area contributed by atoms with Gasteiger partial charge in [0, 0.05) is 0 Å². The van der Waals surface area contributed by atoms with Crippen LogP contribution in [0.3, 0.4) is 0 Å². The van der Waals surface area contributed by atoms with Crippen LogP contribution in [0.2, 0.25) is 0 Å². The van der Waals surface area contributed by atoms with Gasteiger partial charge in [0.15, 0.2) is 22.4 Å². The summed E-state index contributed by atoms with van der Waals surface area (Å²) in [5, 5.41) is 9.15. The molecule has 0 aromatic heterocycles. The van der Waals surface area contributed by atoms with Crippen LogP contribution in [0.1, 0.15) is 71.1 Å². The Morgan fingerprint density at radius 3 is 1.28 bits per heavy atom. The molecule has 3 aliphatic heterocycles. The zero-order chi connectivity index (χ0) is 45.3. The number of aliphatic hydroxyl groups excluding tert-OH is 1. The molecule has 13 nitrogen and oxygen atoms in total. The minimum Gasteiger partial charge on any atom is -0.449 e. The van der Waals surface area contributed by atoms with Crippen molar-refractivity contribution in [1.82, 2.24) is 0 Å². The van der Waals surface area contributed by atoms with E-state index >= 15 is 0 Å². The molecular weight excluding hydrogens is 961 g/mol. The molecule has 0 radical (unpaired) electrons. The van der Waals surface area contributed by atoms with Crippen LogP contribution >= 0.6 is 22.6 Å². The Morgan fingerprint density at radius 1 is 0.590 bits per heavy atom. The molecule has 0 saturated carbocycles. The van der Waals surface area contributed by atoms with Gasteiger partial charge in [-0.15, -0.1) is 0 Å². The van der Waals surface area contributed by atoms with Crippen LogP contribution in [0.5, 0.6) is 0 Å². The number of halogens is 7. The van der Waals surface area contributed by atoms with E-state index in [-0.39, 0.29) is 29.5 Å². The van der Waals surface area contributed by atoms with E-state index in [0.717, 1.165) is 0 Å². The maximum atomic E-state index is 14.3. The van der Waals surface area contributed by atoms with Crippen molar-refractivity contribution in [2.75, 3.05) is 6.26 Å². The first-order valence-electron chi connectivity index (χ1n) is 18.7. The molecule has 3 saturated heterocycles. The fourth-order valence-electron chi connectivity index (χ4n) is 6.02. The molecule has 6 rings (SSSR count). The fourth-order valence-corrected chi connectivity index (χ4v) is 7.25. The van der Waals surface area contributed by atoms with Crippen LogP contribution in [0, 0.1) is 0 Å². The first kappa shape index (κ1) is 49.8. The fraction of sp³-hybridized carbons (Fsp3) is 0.475. The molecule has 3 heterocycles. The van der Waals surface area contributed by atoms with Gasteiger partial charge >= 0.3 is 35.7 Å². The van der Waals surface area contributed by atoms with E-state index in [1.165, 1.54) is 59.0 Å². The summed E-state index contributed by atoms with van der Waals surface area (Å²) in [7, 11) is -4.16. The van der Waals surface area contributed by atoms with Crippen molar-refractivity contribution in [3.8, 4) is 0 Å². The molecule has 1 N–H and O–H groups in total. The third-order valence-electron chi connectivity index (χ3n) is 9.19. The largest absolute Gasteiger partial charge is 0.449 e.